The molecule has 2 N–H and O–H groups in total. The number of anilines is 1. The van der Waals surface area contributed by atoms with Crippen LogP contribution in [0.5, 0.6) is 0 Å². The number of pyridine rings is 1. The van der Waals surface area contributed by atoms with Crippen molar-refractivity contribution in [3.8, 4) is 0 Å². The van der Waals surface area contributed by atoms with Gasteiger partial charge in [0.15, 0.2) is 0 Å². The predicted molar refractivity (Wildman–Crippen MR) is 87.4 cm³/mol. The van der Waals surface area contributed by atoms with Crippen LogP contribution < -0.4 is 11.3 Å². The fraction of sp³-hybridized carbons (Fsp3) is 0.167. The zero-order chi connectivity index (χ0) is 14.7. The maximum absolute atomic E-state index is 12.1. The van der Waals surface area contributed by atoms with Gasteiger partial charge in [0.1, 0.15) is 0 Å². The SMILES string of the molecule is Nc1cccc(CCCn2c(=O)ccc3ccccc32)c1. The number of hydrogen-bond acceptors (Lipinski definition) is 2. The molecule has 1 heterocycles. The molecule has 2 aromatic carbocycles. The van der Waals surface area contributed by atoms with E-state index in [0.717, 1.165) is 36.0 Å². The van der Waals surface area contributed by atoms with E-state index in [0.29, 0.717) is 0 Å². The Morgan fingerprint density at radius 2 is 1.81 bits per heavy atom. The third-order valence-corrected chi connectivity index (χ3v) is 3.70. The highest BCUT2D eigenvalue weighted by molar-refractivity contribution is 5.78. The van der Waals surface area contributed by atoms with E-state index in [1.807, 2.05) is 53.1 Å². The summed E-state index contributed by atoms with van der Waals surface area (Å²) in [6, 6.07) is 19.4. The van der Waals surface area contributed by atoms with Crippen molar-refractivity contribution < 1.29 is 0 Å². The molecule has 3 heteroatoms. The summed E-state index contributed by atoms with van der Waals surface area (Å²) in [4.78, 5) is 12.1. The van der Waals surface area contributed by atoms with Gasteiger partial charge in [0, 0.05) is 18.3 Å². The van der Waals surface area contributed by atoms with Gasteiger partial charge >= 0.3 is 0 Å². The van der Waals surface area contributed by atoms with Gasteiger partial charge < -0.3 is 10.3 Å². The van der Waals surface area contributed by atoms with Crippen LogP contribution in [-0.2, 0) is 13.0 Å². The Kier molecular flexibility index (Phi) is 3.73. The minimum Gasteiger partial charge on any atom is -0.399 e. The summed E-state index contributed by atoms with van der Waals surface area (Å²) in [6.45, 7) is 0.717. The lowest BCUT2D eigenvalue weighted by Gasteiger charge is -2.10. The van der Waals surface area contributed by atoms with Gasteiger partial charge in [0.2, 0.25) is 0 Å². The number of para-hydroxylation sites is 1. The first kappa shape index (κ1) is 13.4. The smallest absolute Gasteiger partial charge is 0.251 e. The predicted octanol–water partition coefficient (Wildman–Crippen LogP) is 3.22. The van der Waals surface area contributed by atoms with Crippen LogP contribution in [0.3, 0.4) is 0 Å². The molecule has 3 nitrogen and oxygen atoms in total. The average molecular weight is 278 g/mol. The molecule has 21 heavy (non-hydrogen) atoms. The standard InChI is InChI=1S/C18H18N2O/c19-16-8-3-5-14(13-16)6-4-12-20-17-9-2-1-7-15(17)10-11-18(20)21/h1-3,5,7-11,13H,4,6,12,19H2. The van der Waals surface area contributed by atoms with E-state index in [1.54, 1.807) is 6.07 Å². The van der Waals surface area contributed by atoms with Crippen molar-refractivity contribution >= 4 is 16.6 Å². The molecule has 0 fully saturated rings. The van der Waals surface area contributed by atoms with Gasteiger partial charge in [-0.15, -0.1) is 0 Å². The van der Waals surface area contributed by atoms with E-state index in [9.17, 15) is 4.79 Å². The lowest BCUT2D eigenvalue weighted by Crippen LogP contribution is -2.19. The molecule has 0 saturated heterocycles. The van der Waals surface area contributed by atoms with E-state index in [4.69, 9.17) is 5.73 Å². The van der Waals surface area contributed by atoms with E-state index in [1.165, 1.54) is 5.56 Å². The molecule has 0 bridgehead atoms. The molecule has 3 aromatic rings. The molecular weight excluding hydrogens is 260 g/mol. The third-order valence-electron chi connectivity index (χ3n) is 3.70. The molecule has 1 aromatic heterocycles. The number of benzene rings is 2. The van der Waals surface area contributed by atoms with Crippen molar-refractivity contribution in [2.24, 2.45) is 0 Å². The van der Waals surface area contributed by atoms with Gasteiger partial charge in [-0.2, -0.15) is 0 Å². The number of aryl methyl sites for hydroxylation is 2. The van der Waals surface area contributed by atoms with Crippen LogP contribution in [0.25, 0.3) is 10.9 Å². The number of rotatable bonds is 4. The van der Waals surface area contributed by atoms with Gasteiger partial charge in [0.05, 0.1) is 5.52 Å². The van der Waals surface area contributed by atoms with E-state index in [-0.39, 0.29) is 5.56 Å². The summed E-state index contributed by atoms with van der Waals surface area (Å²) >= 11 is 0. The van der Waals surface area contributed by atoms with Gasteiger partial charge in [-0.05, 0) is 48.1 Å². The first-order chi connectivity index (χ1) is 10.2. The first-order valence-corrected chi connectivity index (χ1v) is 7.17. The maximum atomic E-state index is 12.1. The van der Waals surface area contributed by atoms with Crippen molar-refractivity contribution in [3.63, 3.8) is 0 Å². The van der Waals surface area contributed by atoms with Crippen LogP contribution in [0.2, 0.25) is 0 Å². The second-order valence-electron chi connectivity index (χ2n) is 5.23. The van der Waals surface area contributed by atoms with Crippen molar-refractivity contribution in [1.29, 1.82) is 0 Å². The molecule has 0 unspecified atom stereocenters. The van der Waals surface area contributed by atoms with Gasteiger partial charge in [-0.25, -0.2) is 0 Å². The summed E-state index contributed by atoms with van der Waals surface area (Å²) in [7, 11) is 0. The number of fused-ring (bicyclic) bond motifs is 1. The minimum atomic E-state index is 0.0567. The molecule has 0 aliphatic rings. The number of nitrogens with two attached hydrogens (primary N) is 1. The normalized spacial score (nSPS) is 10.9. The Labute approximate surface area is 123 Å². The maximum Gasteiger partial charge on any atom is 0.251 e. The summed E-state index contributed by atoms with van der Waals surface area (Å²) in [5, 5.41) is 1.10. The number of nitrogens with zero attached hydrogens (tertiary/aromatic N) is 1. The Hall–Kier alpha value is -2.55. The van der Waals surface area contributed by atoms with E-state index < -0.39 is 0 Å². The summed E-state index contributed by atoms with van der Waals surface area (Å²) in [5.41, 5.74) is 8.84. The molecule has 106 valence electrons. The van der Waals surface area contributed by atoms with Crippen LogP contribution in [0.15, 0.2) is 65.5 Å². The van der Waals surface area contributed by atoms with Crippen molar-refractivity contribution in [1.82, 2.24) is 4.57 Å². The molecular formula is C18H18N2O. The van der Waals surface area contributed by atoms with E-state index >= 15 is 0 Å². The summed E-state index contributed by atoms with van der Waals surface area (Å²) in [6.07, 6.45) is 1.83. The zero-order valence-electron chi connectivity index (χ0n) is 11.8. The Morgan fingerprint density at radius 3 is 2.67 bits per heavy atom. The third kappa shape index (κ3) is 2.97. The van der Waals surface area contributed by atoms with Crippen LogP contribution in [0.4, 0.5) is 5.69 Å². The molecule has 0 radical (unpaired) electrons. The van der Waals surface area contributed by atoms with Crippen LogP contribution in [-0.4, -0.2) is 4.57 Å². The van der Waals surface area contributed by atoms with Gasteiger partial charge in [0.25, 0.3) is 5.56 Å². The molecule has 3 rings (SSSR count). The van der Waals surface area contributed by atoms with Crippen LogP contribution in [0.1, 0.15) is 12.0 Å². The molecule has 0 amide bonds. The Bertz CT molecular complexity index is 821. The first-order valence-electron chi connectivity index (χ1n) is 7.17. The topological polar surface area (TPSA) is 48.0 Å². The fourth-order valence-electron chi connectivity index (χ4n) is 2.66. The van der Waals surface area contributed by atoms with Crippen molar-refractivity contribution in [2.75, 3.05) is 5.73 Å². The summed E-state index contributed by atoms with van der Waals surface area (Å²) < 4.78 is 1.85. The lowest BCUT2D eigenvalue weighted by atomic mass is 10.1. The highest BCUT2D eigenvalue weighted by Crippen LogP contribution is 2.13. The Balaban J connectivity index is 1.79. The second-order valence-corrected chi connectivity index (χ2v) is 5.23. The second kappa shape index (κ2) is 5.83. The molecule has 0 spiro atoms. The monoisotopic (exact) mass is 278 g/mol. The Morgan fingerprint density at radius 1 is 0.952 bits per heavy atom. The van der Waals surface area contributed by atoms with Gasteiger partial charge in [-0.3, -0.25) is 4.79 Å². The summed E-state index contributed by atoms with van der Waals surface area (Å²) in [5.74, 6) is 0. The van der Waals surface area contributed by atoms with Gasteiger partial charge in [-0.1, -0.05) is 30.3 Å². The zero-order valence-corrected chi connectivity index (χ0v) is 11.8. The average Bonchev–Trinajstić information content (AvgIpc) is 2.50. The highest BCUT2D eigenvalue weighted by atomic mass is 16.1. The van der Waals surface area contributed by atoms with Crippen LogP contribution >= 0.6 is 0 Å². The number of nitrogen functional groups attached to an aromatic ring is 1. The highest BCUT2D eigenvalue weighted by Gasteiger charge is 2.02. The molecule has 0 aliphatic carbocycles. The molecule has 0 aliphatic heterocycles. The lowest BCUT2D eigenvalue weighted by molar-refractivity contribution is 0.642. The molecule has 0 saturated carbocycles. The number of hydrogen-bond donors (Lipinski definition) is 1. The fourth-order valence-corrected chi connectivity index (χ4v) is 2.66. The quantitative estimate of drug-likeness (QED) is 0.745. The minimum absolute atomic E-state index is 0.0567. The molecule has 0 atom stereocenters. The van der Waals surface area contributed by atoms with E-state index in [2.05, 4.69) is 6.07 Å². The van der Waals surface area contributed by atoms with Crippen molar-refractivity contribution in [3.05, 3.63) is 76.6 Å². The largest absolute Gasteiger partial charge is 0.399 e. The number of aromatic nitrogens is 1. The van der Waals surface area contributed by atoms with Crippen LogP contribution in [0, 0.1) is 0 Å². The van der Waals surface area contributed by atoms with Crippen molar-refractivity contribution in [2.45, 2.75) is 19.4 Å².